The normalized spacial score (nSPS) is 13.2. The van der Waals surface area contributed by atoms with Crippen molar-refractivity contribution >= 4 is 0 Å². The van der Waals surface area contributed by atoms with Gasteiger partial charge in [-0.05, 0) is 25.1 Å². The first kappa shape index (κ1) is 15.6. The Morgan fingerprint density at radius 2 is 1.89 bits per heavy atom. The molecule has 1 atom stereocenters. The van der Waals surface area contributed by atoms with E-state index in [2.05, 4.69) is 10.3 Å². The Bertz CT molecular complexity index is 410. The minimum absolute atomic E-state index is 0.479. The van der Waals surface area contributed by atoms with Gasteiger partial charge >= 0.3 is 6.18 Å². The molecule has 1 N–H and O–H groups in total. The van der Waals surface area contributed by atoms with Crippen LogP contribution in [0.15, 0.2) is 18.2 Å². The second-order valence-corrected chi connectivity index (χ2v) is 3.85. The summed E-state index contributed by atoms with van der Waals surface area (Å²) in [6, 6.07) is 4.57. The number of halogens is 3. The molecule has 7 heteroatoms. The zero-order valence-corrected chi connectivity index (χ0v) is 10.9. The molecule has 0 aliphatic carbocycles. The third-order valence-electron chi connectivity index (χ3n) is 2.40. The van der Waals surface area contributed by atoms with Gasteiger partial charge in [0, 0.05) is 5.56 Å². The second kappa shape index (κ2) is 6.63. The van der Waals surface area contributed by atoms with Crippen LogP contribution in [0.3, 0.4) is 0 Å². The molecule has 1 unspecified atom stereocenters. The number of ether oxygens (including phenoxy) is 2. The van der Waals surface area contributed by atoms with Crippen LogP contribution in [0.4, 0.5) is 13.2 Å². The smallest absolute Gasteiger partial charge is 0.413 e. The summed E-state index contributed by atoms with van der Waals surface area (Å²) in [4.78, 5) is 4.42. The van der Waals surface area contributed by atoms with Crippen LogP contribution in [0.25, 0.3) is 0 Å². The summed E-state index contributed by atoms with van der Waals surface area (Å²) in [5.41, 5.74) is 2.97. The van der Waals surface area contributed by atoms with Gasteiger partial charge in [0.05, 0.1) is 20.3 Å². The zero-order chi connectivity index (χ0) is 14.5. The molecule has 1 aromatic rings. The largest absolute Gasteiger partial charge is 0.497 e. The topological polar surface area (TPSA) is 39.7 Å². The van der Waals surface area contributed by atoms with Gasteiger partial charge in [-0.3, -0.25) is 4.84 Å². The van der Waals surface area contributed by atoms with Crippen molar-refractivity contribution in [3.8, 4) is 11.5 Å². The van der Waals surface area contributed by atoms with E-state index in [1.165, 1.54) is 14.2 Å². The molecule has 0 amide bonds. The van der Waals surface area contributed by atoms with Gasteiger partial charge in [0.25, 0.3) is 0 Å². The molecule has 0 radical (unpaired) electrons. The molecule has 0 heterocycles. The van der Waals surface area contributed by atoms with E-state index < -0.39 is 18.8 Å². The highest BCUT2D eigenvalue weighted by molar-refractivity contribution is 5.41. The van der Waals surface area contributed by atoms with Crippen molar-refractivity contribution in [2.24, 2.45) is 0 Å². The summed E-state index contributed by atoms with van der Waals surface area (Å²) in [5.74, 6) is 1.12. The molecule has 0 aliphatic rings. The van der Waals surface area contributed by atoms with Crippen LogP contribution < -0.4 is 15.0 Å². The molecular weight excluding hydrogens is 263 g/mol. The van der Waals surface area contributed by atoms with Gasteiger partial charge in [0.2, 0.25) is 0 Å². The minimum Gasteiger partial charge on any atom is -0.497 e. The summed E-state index contributed by atoms with van der Waals surface area (Å²) >= 11 is 0. The fraction of sp³-hybridized carbons (Fsp3) is 0.500. The number of benzene rings is 1. The Morgan fingerprint density at radius 1 is 1.21 bits per heavy atom. The molecule has 4 nitrogen and oxygen atoms in total. The Labute approximate surface area is 109 Å². The average molecular weight is 279 g/mol. The second-order valence-electron chi connectivity index (χ2n) is 3.85. The number of hydrogen-bond donors (Lipinski definition) is 1. The predicted molar refractivity (Wildman–Crippen MR) is 63.1 cm³/mol. The molecule has 0 bridgehead atoms. The monoisotopic (exact) mass is 279 g/mol. The van der Waals surface area contributed by atoms with Crippen molar-refractivity contribution in [3.63, 3.8) is 0 Å². The molecule has 19 heavy (non-hydrogen) atoms. The lowest BCUT2D eigenvalue weighted by Crippen LogP contribution is -2.27. The summed E-state index contributed by atoms with van der Waals surface area (Å²) in [7, 11) is 2.98. The third kappa shape index (κ3) is 4.96. The van der Waals surface area contributed by atoms with E-state index >= 15 is 0 Å². The number of alkyl halides is 3. The van der Waals surface area contributed by atoms with Crippen LogP contribution in [0.5, 0.6) is 11.5 Å². The Kier molecular flexibility index (Phi) is 5.44. The van der Waals surface area contributed by atoms with Crippen LogP contribution in [0, 0.1) is 0 Å². The minimum atomic E-state index is -4.37. The summed E-state index contributed by atoms with van der Waals surface area (Å²) < 4.78 is 46.1. The van der Waals surface area contributed by atoms with E-state index in [0.717, 1.165) is 0 Å². The Balaban J connectivity index is 2.72. The number of hydroxylamine groups is 1. The van der Waals surface area contributed by atoms with Crippen molar-refractivity contribution < 1.29 is 27.5 Å². The SMILES string of the molecule is COc1ccc(OC)c(C(C)NOCC(F)(F)F)c1. The van der Waals surface area contributed by atoms with E-state index in [9.17, 15) is 13.2 Å². The van der Waals surface area contributed by atoms with Crippen LogP contribution in [0.2, 0.25) is 0 Å². The van der Waals surface area contributed by atoms with Gasteiger partial charge in [0.15, 0.2) is 6.61 Å². The van der Waals surface area contributed by atoms with E-state index in [4.69, 9.17) is 9.47 Å². The van der Waals surface area contributed by atoms with E-state index in [1.807, 2.05) is 0 Å². The van der Waals surface area contributed by atoms with Crippen LogP contribution >= 0.6 is 0 Å². The van der Waals surface area contributed by atoms with E-state index in [1.54, 1.807) is 25.1 Å². The van der Waals surface area contributed by atoms with Crippen molar-refractivity contribution in [1.29, 1.82) is 0 Å². The highest BCUT2D eigenvalue weighted by Crippen LogP contribution is 2.29. The van der Waals surface area contributed by atoms with Crippen LogP contribution in [-0.4, -0.2) is 27.0 Å². The highest BCUT2D eigenvalue weighted by Gasteiger charge is 2.28. The molecule has 1 aromatic carbocycles. The molecule has 0 saturated carbocycles. The maximum Gasteiger partial charge on any atom is 0.413 e. The fourth-order valence-electron chi connectivity index (χ4n) is 1.49. The van der Waals surface area contributed by atoms with Crippen molar-refractivity contribution in [3.05, 3.63) is 23.8 Å². The fourth-order valence-corrected chi connectivity index (χ4v) is 1.49. The van der Waals surface area contributed by atoms with Gasteiger partial charge < -0.3 is 9.47 Å². The highest BCUT2D eigenvalue weighted by atomic mass is 19.4. The van der Waals surface area contributed by atoms with Gasteiger partial charge in [-0.25, -0.2) is 0 Å². The van der Waals surface area contributed by atoms with E-state index in [-0.39, 0.29) is 0 Å². The number of hydrogen-bond acceptors (Lipinski definition) is 4. The van der Waals surface area contributed by atoms with Gasteiger partial charge in [-0.1, -0.05) is 0 Å². The standard InChI is InChI=1S/C12H16F3NO3/c1-8(16-19-7-12(13,14)15)10-6-9(17-2)4-5-11(10)18-3/h4-6,8,16H,7H2,1-3H3. The average Bonchev–Trinajstić information content (AvgIpc) is 2.36. The molecule has 0 fully saturated rings. The van der Waals surface area contributed by atoms with Crippen molar-refractivity contribution in [1.82, 2.24) is 5.48 Å². The molecule has 0 aromatic heterocycles. The van der Waals surface area contributed by atoms with Crippen LogP contribution in [-0.2, 0) is 4.84 Å². The Hall–Kier alpha value is -1.47. The first-order valence-corrected chi connectivity index (χ1v) is 5.53. The molecule has 0 saturated heterocycles. The lowest BCUT2D eigenvalue weighted by atomic mass is 10.1. The quantitative estimate of drug-likeness (QED) is 0.813. The maximum absolute atomic E-state index is 12.0. The molecule has 1 rings (SSSR count). The first-order chi connectivity index (χ1) is 8.87. The molecule has 108 valence electrons. The zero-order valence-electron chi connectivity index (χ0n) is 10.9. The lowest BCUT2D eigenvalue weighted by molar-refractivity contribution is -0.192. The van der Waals surface area contributed by atoms with Crippen molar-refractivity contribution in [2.45, 2.75) is 19.1 Å². The number of methoxy groups -OCH3 is 2. The third-order valence-corrected chi connectivity index (χ3v) is 2.40. The summed E-state index contributed by atoms with van der Waals surface area (Å²) in [5, 5.41) is 0. The van der Waals surface area contributed by atoms with Crippen molar-refractivity contribution in [2.75, 3.05) is 20.8 Å². The van der Waals surface area contributed by atoms with E-state index in [0.29, 0.717) is 17.1 Å². The summed E-state index contributed by atoms with van der Waals surface area (Å²) in [6.45, 7) is 0.303. The Morgan fingerprint density at radius 3 is 2.42 bits per heavy atom. The van der Waals surface area contributed by atoms with Gasteiger partial charge in [0.1, 0.15) is 11.5 Å². The molecule has 0 aliphatic heterocycles. The summed E-state index contributed by atoms with van der Waals surface area (Å²) in [6.07, 6.45) is -4.37. The lowest BCUT2D eigenvalue weighted by Gasteiger charge is -2.18. The number of rotatable bonds is 6. The first-order valence-electron chi connectivity index (χ1n) is 5.53. The molecule has 0 spiro atoms. The maximum atomic E-state index is 12.0. The van der Waals surface area contributed by atoms with Gasteiger partial charge in [-0.2, -0.15) is 18.7 Å². The predicted octanol–water partition coefficient (Wildman–Crippen LogP) is 2.85. The van der Waals surface area contributed by atoms with Gasteiger partial charge in [-0.15, -0.1) is 0 Å². The number of nitrogens with one attached hydrogen (secondary N) is 1. The van der Waals surface area contributed by atoms with Crippen LogP contribution in [0.1, 0.15) is 18.5 Å². The molecular formula is C12H16F3NO3.